The average molecular weight is 438 g/mol. The highest BCUT2D eigenvalue weighted by Crippen LogP contribution is 2.49. The standard InChI is InChI=1S/C24H21Cl2N3O/c1-14-2-4-15(5-3-14)21-20-22(28-27-21)24(30)29(19-12-10-18(26)11-13-19)23(20)16-6-8-17(25)9-7-16/h2-13,20-23,27-28H,1H3. The van der Waals surface area contributed by atoms with E-state index < -0.39 is 0 Å². The van der Waals surface area contributed by atoms with Gasteiger partial charge >= 0.3 is 0 Å². The monoisotopic (exact) mass is 437 g/mol. The van der Waals surface area contributed by atoms with Gasteiger partial charge in [-0.05, 0) is 54.4 Å². The van der Waals surface area contributed by atoms with Crippen molar-refractivity contribution in [3.8, 4) is 0 Å². The fourth-order valence-corrected chi connectivity index (χ4v) is 4.87. The van der Waals surface area contributed by atoms with Gasteiger partial charge in [-0.1, -0.05) is 65.2 Å². The second-order valence-corrected chi connectivity index (χ2v) is 8.79. The van der Waals surface area contributed by atoms with E-state index in [1.54, 1.807) is 0 Å². The van der Waals surface area contributed by atoms with Crippen molar-refractivity contribution in [2.24, 2.45) is 5.92 Å². The second-order valence-electron chi connectivity index (χ2n) is 7.91. The molecule has 6 heteroatoms. The van der Waals surface area contributed by atoms with Crippen LogP contribution in [0.5, 0.6) is 0 Å². The van der Waals surface area contributed by atoms with Crippen LogP contribution in [0.1, 0.15) is 28.8 Å². The van der Waals surface area contributed by atoms with Crippen molar-refractivity contribution in [2.75, 3.05) is 4.90 Å². The Labute approximate surface area is 185 Å². The second kappa shape index (κ2) is 7.71. The number of nitrogens with one attached hydrogen (secondary N) is 2. The molecule has 4 unspecified atom stereocenters. The maximum absolute atomic E-state index is 13.5. The molecule has 2 heterocycles. The molecular weight excluding hydrogens is 417 g/mol. The Morgan fingerprint density at radius 3 is 1.90 bits per heavy atom. The molecular formula is C24H21Cl2N3O. The van der Waals surface area contributed by atoms with Crippen molar-refractivity contribution in [1.29, 1.82) is 0 Å². The first-order valence-electron chi connectivity index (χ1n) is 9.94. The van der Waals surface area contributed by atoms with E-state index in [0.29, 0.717) is 10.0 Å². The first kappa shape index (κ1) is 19.6. The molecule has 4 nitrogen and oxygen atoms in total. The molecule has 2 aliphatic heterocycles. The highest BCUT2D eigenvalue weighted by Gasteiger charge is 2.55. The predicted molar refractivity (Wildman–Crippen MR) is 121 cm³/mol. The molecule has 0 radical (unpaired) electrons. The first-order valence-corrected chi connectivity index (χ1v) is 10.7. The van der Waals surface area contributed by atoms with Crippen LogP contribution in [0.25, 0.3) is 0 Å². The zero-order valence-corrected chi connectivity index (χ0v) is 17.9. The number of anilines is 1. The quantitative estimate of drug-likeness (QED) is 0.589. The number of aryl methyl sites for hydroxylation is 1. The van der Waals surface area contributed by atoms with Crippen LogP contribution in [0.2, 0.25) is 10.0 Å². The number of hydrogen-bond acceptors (Lipinski definition) is 3. The lowest BCUT2D eigenvalue weighted by Crippen LogP contribution is -2.41. The van der Waals surface area contributed by atoms with Gasteiger partial charge in [0.05, 0.1) is 12.1 Å². The number of hydrogen-bond donors (Lipinski definition) is 2. The minimum atomic E-state index is -0.326. The van der Waals surface area contributed by atoms with Gasteiger partial charge < -0.3 is 4.90 Å². The molecule has 3 aromatic carbocycles. The molecule has 5 rings (SSSR count). The van der Waals surface area contributed by atoms with E-state index >= 15 is 0 Å². The molecule has 0 aliphatic carbocycles. The third-order valence-corrected chi connectivity index (χ3v) is 6.57. The lowest BCUT2D eigenvalue weighted by atomic mass is 9.83. The van der Waals surface area contributed by atoms with Gasteiger partial charge in [0.15, 0.2) is 0 Å². The molecule has 2 saturated heterocycles. The maximum atomic E-state index is 13.5. The van der Waals surface area contributed by atoms with Crippen molar-refractivity contribution in [3.63, 3.8) is 0 Å². The zero-order valence-electron chi connectivity index (χ0n) is 16.3. The lowest BCUT2D eigenvalue weighted by molar-refractivity contribution is -0.119. The molecule has 2 N–H and O–H groups in total. The minimum Gasteiger partial charge on any atom is -0.303 e. The zero-order chi connectivity index (χ0) is 20.8. The minimum absolute atomic E-state index is 0.00229. The number of nitrogens with zero attached hydrogens (tertiary/aromatic N) is 1. The van der Waals surface area contributed by atoms with E-state index in [4.69, 9.17) is 23.2 Å². The number of benzene rings is 3. The summed E-state index contributed by atoms with van der Waals surface area (Å²) in [6.45, 7) is 2.07. The topological polar surface area (TPSA) is 44.4 Å². The number of amides is 1. The summed E-state index contributed by atoms with van der Waals surface area (Å²) in [5.74, 6) is 0.0569. The summed E-state index contributed by atoms with van der Waals surface area (Å²) < 4.78 is 0. The van der Waals surface area contributed by atoms with Gasteiger partial charge in [-0.2, -0.15) is 0 Å². The van der Waals surface area contributed by atoms with Crippen LogP contribution < -0.4 is 15.8 Å². The third kappa shape index (κ3) is 3.30. The van der Waals surface area contributed by atoms with Crippen LogP contribution in [-0.2, 0) is 4.79 Å². The highest BCUT2D eigenvalue weighted by atomic mass is 35.5. The van der Waals surface area contributed by atoms with Crippen LogP contribution in [0.4, 0.5) is 5.69 Å². The predicted octanol–water partition coefficient (Wildman–Crippen LogP) is 5.22. The SMILES string of the molecule is Cc1ccc(C2NNC3C(=O)N(c4ccc(Cl)cc4)C(c4ccc(Cl)cc4)C32)cc1. The molecule has 1 amide bonds. The Morgan fingerprint density at radius 1 is 0.733 bits per heavy atom. The van der Waals surface area contributed by atoms with Crippen molar-refractivity contribution in [1.82, 2.24) is 10.9 Å². The number of halogens is 2. The molecule has 30 heavy (non-hydrogen) atoms. The Hall–Kier alpha value is -2.37. The van der Waals surface area contributed by atoms with Crippen LogP contribution in [-0.4, -0.2) is 11.9 Å². The van der Waals surface area contributed by atoms with Gasteiger partial charge in [-0.15, -0.1) is 0 Å². The molecule has 0 bridgehead atoms. The Balaban J connectivity index is 1.62. The van der Waals surface area contributed by atoms with Gasteiger partial charge in [0.2, 0.25) is 5.91 Å². The van der Waals surface area contributed by atoms with Crippen molar-refractivity contribution in [2.45, 2.75) is 25.0 Å². The number of fused-ring (bicyclic) bond motifs is 1. The smallest absolute Gasteiger partial charge is 0.246 e. The van der Waals surface area contributed by atoms with Gasteiger partial charge in [0.1, 0.15) is 6.04 Å². The summed E-state index contributed by atoms with van der Waals surface area (Å²) in [5.41, 5.74) is 10.9. The molecule has 2 aliphatic rings. The largest absolute Gasteiger partial charge is 0.303 e. The lowest BCUT2D eigenvalue weighted by Gasteiger charge is -2.31. The summed E-state index contributed by atoms with van der Waals surface area (Å²) in [6, 6.07) is 23.2. The van der Waals surface area contributed by atoms with E-state index in [9.17, 15) is 4.79 Å². The summed E-state index contributed by atoms with van der Waals surface area (Å²) in [5, 5.41) is 1.32. The van der Waals surface area contributed by atoms with Crippen molar-refractivity contribution < 1.29 is 4.79 Å². The summed E-state index contributed by atoms with van der Waals surface area (Å²) >= 11 is 12.2. The van der Waals surface area contributed by atoms with E-state index in [1.165, 1.54) is 5.56 Å². The number of carbonyl (C=O) groups is 1. The van der Waals surface area contributed by atoms with E-state index in [1.807, 2.05) is 53.4 Å². The number of carbonyl (C=O) groups excluding carboxylic acids is 1. The van der Waals surface area contributed by atoms with Gasteiger partial charge in [0, 0.05) is 21.7 Å². The van der Waals surface area contributed by atoms with Crippen molar-refractivity contribution in [3.05, 3.63) is 99.5 Å². The normalized spacial score (nSPS) is 25.6. The molecule has 0 spiro atoms. The van der Waals surface area contributed by atoms with E-state index in [-0.39, 0.29) is 30.0 Å². The van der Waals surface area contributed by atoms with E-state index in [2.05, 4.69) is 42.0 Å². The maximum Gasteiger partial charge on any atom is 0.246 e. The fraction of sp³-hybridized carbons (Fsp3) is 0.208. The summed E-state index contributed by atoms with van der Waals surface area (Å²) in [7, 11) is 0. The van der Waals surface area contributed by atoms with Crippen LogP contribution >= 0.6 is 23.2 Å². The number of rotatable bonds is 3. The first-order chi connectivity index (χ1) is 14.5. The molecule has 2 fully saturated rings. The summed E-state index contributed by atoms with van der Waals surface area (Å²) in [6.07, 6.45) is 0. The highest BCUT2D eigenvalue weighted by molar-refractivity contribution is 6.30. The molecule has 3 aromatic rings. The van der Waals surface area contributed by atoms with Crippen LogP contribution in [0.3, 0.4) is 0 Å². The van der Waals surface area contributed by atoms with Crippen molar-refractivity contribution >= 4 is 34.8 Å². The molecule has 0 saturated carbocycles. The van der Waals surface area contributed by atoms with Crippen LogP contribution in [0, 0.1) is 12.8 Å². The molecule has 0 aromatic heterocycles. The fourth-order valence-electron chi connectivity index (χ4n) is 4.61. The Kier molecular flexibility index (Phi) is 5.03. The molecule has 4 atom stereocenters. The average Bonchev–Trinajstić information content (AvgIpc) is 3.29. The van der Waals surface area contributed by atoms with Gasteiger partial charge in [-0.3, -0.25) is 4.79 Å². The Morgan fingerprint density at radius 2 is 1.27 bits per heavy atom. The summed E-state index contributed by atoms with van der Waals surface area (Å²) in [4.78, 5) is 15.4. The van der Waals surface area contributed by atoms with Crippen LogP contribution in [0.15, 0.2) is 72.8 Å². The van der Waals surface area contributed by atoms with E-state index in [0.717, 1.165) is 16.8 Å². The van der Waals surface area contributed by atoms with Gasteiger partial charge in [0.25, 0.3) is 0 Å². The Bertz CT molecular complexity index is 1070. The third-order valence-electron chi connectivity index (χ3n) is 6.06. The molecule has 152 valence electrons. The number of hydrazine groups is 1. The van der Waals surface area contributed by atoms with Gasteiger partial charge in [-0.25, -0.2) is 10.9 Å².